The summed E-state index contributed by atoms with van der Waals surface area (Å²) >= 11 is 0. The highest BCUT2D eigenvalue weighted by molar-refractivity contribution is 5.83. The summed E-state index contributed by atoms with van der Waals surface area (Å²) in [4.78, 5) is 25.6. The van der Waals surface area contributed by atoms with Gasteiger partial charge in [0.2, 0.25) is 0 Å². The van der Waals surface area contributed by atoms with Gasteiger partial charge < -0.3 is 9.47 Å². The smallest absolute Gasteiger partial charge is 0.411 e. The number of carbonyl (C=O) groups excluding carboxylic acids is 2. The molecule has 0 N–H and O–H groups in total. The summed E-state index contributed by atoms with van der Waals surface area (Å²) in [7, 11) is 1.35. The summed E-state index contributed by atoms with van der Waals surface area (Å²) in [6.07, 6.45) is 3.06. The van der Waals surface area contributed by atoms with Crippen molar-refractivity contribution in [3.05, 3.63) is 0 Å². The Morgan fingerprint density at radius 3 is 2.28 bits per heavy atom. The number of rotatable bonds is 1. The molecule has 2 rings (SSSR count). The largest absolute Gasteiger partial charge is 0.467 e. The minimum absolute atomic E-state index is 0.138. The number of hydrogen-bond donors (Lipinski definition) is 0. The molecule has 1 unspecified atom stereocenters. The Morgan fingerprint density at radius 1 is 1.22 bits per heavy atom. The topological polar surface area (TPSA) is 55.8 Å². The maximum atomic E-state index is 12.2. The number of esters is 1. The van der Waals surface area contributed by atoms with Crippen molar-refractivity contribution < 1.29 is 19.1 Å². The van der Waals surface area contributed by atoms with Crippen molar-refractivity contribution in [3.63, 3.8) is 0 Å². The second-order valence-electron chi connectivity index (χ2n) is 6.15. The van der Waals surface area contributed by atoms with Crippen LogP contribution in [0.25, 0.3) is 0 Å². The maximum Gasteiger partial charge on any atom is 0.411 e. The molecule has 1 saturated carbocycles. The summed E-state index contributed by atoms with van der Waals surface area (Å²) in [6, 6.07) is -0.479. The Labute approximate surface area is 107 Å². The third-order valence-corrected chi connectivity index (χ3v) is 3.60. The Bertz CT molecular complexity index is 368. The van der Waals surface area contributed by atoms with Gasteiger partial charge in [0.25, 0.3) is 0 Å². The van der Waals surface area contributed by atoms with Crippen molar-refractivity contribution in [2.75, 3.05) is 7.11 Å². The number of ether oxygens (including phenoxy) is 2. The number of hydrogen-bond acceptors (Lipinski definition) is 4. The summed E-state index contributed by atoms with van der Waals surface area (Å²) < 4.78 is 10.2. The van der Waals surface area contributed by atoms with E-state index in [-0.39, 0.29) is 11.5 Å². The van der Waals surface area contributed by atoms with Crippen molar-refractivity contribution in [3.8, 4) is 0 Å². The molecule has 0 bridgehead atoms. The van der Waals surface area contributed by atoms with Crippen molar-refractivity contribution in [1.29, 1.82) is 0 Å². The second kappa shape index (κ2) is 4.14. The molecule has 2 fully saturated rings. The number of carbonyl (C=O) groups is 2. The number of amides is 1. The van der Waals surface area contributed by atoms with Gasteiger partial charge in [-0.05, 0) is 46.5 Å². The first-order valence-corrected chi connectivity index (χ1v) is 6.39. The van der Waals surface area contributed by atoms with E-state index in [1.807, 2.05) is 20.8 Å². The Kier molecular flexibility index (Phi) is 3.03. The quantitative estimate of drug-likeness (QED) is 0.673. The molecule has 1 saturated heterocycles. The van der Waals surface area contributed by atoms with Crippen LogP contribution in [0.15, 0.2) is 0 Å². The zero-order valence-corrected chi connectivity index (χ0v) is 11.5. The Hall–Kier alpha value is -1.26. The van der Waals surface area contributed by atoms with Crippen molar-refractivity contribution in [2.45, 2.75) is 63.6 Å². The molecule has 18 heavy (non-hydrogen) atoms. The minimum atomic E-state index is -0.545. The molecule has 5 heteroatoms. The molecule has 1 heterocycles. The summed E-state index contributed by atoms with van der Waals surface area (Å²) in [5.74, 6) is -0.343. The van der Waals surface area contributed by atoms with Gasteiger partial charge in [0, 0.05) is 5.54 Å². The zero-order valence-electron chi connectivity index (χ0n) is 11.5. The van der Waals surface area contributed by atoms with Crippen LogP contribution in [0.2, 0.25) is 0 Å². The van der Waals surface area contributed by atoms with Crippen molar-refractivity contribution in [2.24, 2.45) is 0 Å². The average molecular weight is 255 g/mol. The summed E-state index contributed by atoms with van der Waals surface area (Å²) in [5, 5.41) is 0. The first kappa shape index (κ1) is 13.2. The van der Waals surface area contributed by atoms with E-state index in [2.05, 4.69) is 0 Å². The normalized spacial score (nSPS) is 25.1. The van der Waals surface area contributed by atoms with Gasteiger partial charge >= 0.3 is 12.1 Å². The zero-order chi connectivity index (χ0) is 13.6. The van der Waals surface area contributed by atoms with Crippen LogP contribution >= 0.6 is 0 Å². The lowest BCUT2D eigenvalue weighted by molar-refractivity contribution is -0.146. The third-order valence-electron chi connectivity index (χ3n) is 3.60. The van der Waals surface area contributed by atoms with Crippen LogP contribution in [0.4, 0.5) is 4.79 Å². The first-order chi connectivity index (χ1) is 8.29. The molecular weight excluding hydrogens is 234 g/mol. The van der Waals surface area contributed by atoms with E-state index >= 15 is 0 Å². The molecule has 1 amide bonds. The van der Waals surface area contributed by atoms with E-state index in [1.54, 1.807) is 4.90 Å². The van der Waals surface area contributed by atoms with Crippen LogP contribution in [0.1, 0.15) is 46.5 Å². The molecule has 102 valence electrons. The lowest BCUT2D eigenvalue weighted by Crippen LogP contribution is -2.48. The number of likely N-dealkylation sites (tertiary alicyclic amines) is 1. The van der Waals surface area contributed by atoms with E-state index in [1.165, 1.54) is 7.11 Å². The Balaban J connectivity index is 2.15. The van der Waals surface area contributed by atoms with Crippen LogP contribution in [-0.2, 0) is 14.3 Å². The Morgan fingerprint density at radius 2 is 1.83 bits per heavy atom. The molecule has 0 aromatic carbocycles. The molecule has 1 aliphatic carbocycles. The van der Waals surface area contributed by atoms with E-state index < -0.39 is 17.7 Å². The summed E-state index contributed by atoms with van der Waals surface area (Å²) in [5.41, 5.74) is -0.683. The van der Waals surface area contributed by atoms with Gasteiger partial charge in [-0.1, -0.05) is 0 Å². The van der Waals surface area contributed by atoms with Gasteiger partial charge in [0.05, 0.1) is 7.11 Å². The van der Waals surface area contributed by atoms with Gasteiger partial charge in [-0.2, -0.15) is 0 Å². The second-order valence-corrected chi connectivity index (χ2v) is 6.15. The molecule has 1 aliphatic heterocycles. The SMILES string of the molecule is COC(=O)C1CCC2(CC2)N1C(=O)OC(C)(C)C. The van der Waals surface area contributed by atoms with Gasteiger partial charge in [0.1, 0.15) is 11.6 Å². The number of methoxy groups -OCH3 is 1. The fourth-order valence-electron chi connectivity index (χ4n) is 2.61. The lowest BCUT2D eigenvalue weighted by Gasteiger charge is -2.31. The third kappa shape index (κ3) is 2.31. The van der Waals surface area contributed by atoms with Gasteiger partial charge in [-0.25, -0.2) is 9.59 Å². The molecule has 5 nitrogen and oxygen atoms in total. The maximum absolute atomic E-state index is 12.2. The standard InChI is InChI=1S/C13H21NO4/c1-12(2,3)18-11(16)14-9(10(15)17-4)5-6-13(14)7-8-13/h9H,5-8H2,1-4H3. The van der Waals surface area contributed by atoms with Gasteiger partial charge in [-0.15, -0.1) is 0 Å². The lowest BCUT2D eigenvalue weighted by atomic mass is 10.2. The predicted octanol–water partition coefficient (Wildman–Crippen LogP) is 2.09. The molecule has 1 spiro atoms. The molecule has 0 radical (unpaired) electrons. The highest BCUT2D eigenvalue weighted by atomic mass is 16.6. The van der Waals surface area contributed by atoms with E-state index in [9.17, 15) is 9.59 Å². The minimum Gasteiger partial charge on any atom is -0.467 e. The van der Waals surface area contributed by atoms with Crippen LogP contribution in [-0.4, -0.2) is 41.3 Å². The predicted molar refractivity (Wildman–Crippen MR) is 65.1 cm³/mol. The van der Waals surface area contributed by atoms with E-state index in [0.29, 0.717) is 6.42 Å². The van der Waals surface area contributed by atoms with Crippen molar-refractivity contribution >= 4 is 12.1 Å². The highest BCUT2D eigenvalue weighted by Crippen LogP contribution is 2.52. The fraction of sp³-hybridized carbons (Fsp3) is 0.846. The van der Waals surface area contributed by atoms with Crippen LogP contribution < -0.4 is 0 Å². The molecule has 2 aliphatic rings. The van der Waals surface area contributed by atoms with Crippen LogP contribution in [0.3, 0.4) is 0 Å². The van der Waals surface area contributed by atoms with E-state index in [0.717, 1.165) is 19.3 Å². The molecule has 0 aromatic heterocycles. The molecule has 0 aromatic rings. The summed E-state index contributed by atoms with van der Waals surface area (Å²) in [6.45, 7) is 5.48. The van der Waals surface area contributed by atoms with Crippen LogP contribution in [0.5, 0.6) is 0 Å². The fourth-order valence-corrected chi connectivity index (χ4v) is 2.61. The van der Waals surface area contributed by atoms with E-state index in [4.69, 9.17) is 9.47 Å². The van der Waals surface area contributed by atoms with Gasteiger partial charge in [-0.3, -0.25) is 4.90 Å². The molecular formula is C13H21NO4. The monoisotopic (exact) mass is 255 g/mol. The van der Waals surface area contributed by atoms with Gasteiger partial charge in [0.15, 0.2) is 0 Å². The molecule has 1 atom stereocenters. The number of nitrogens with zero attached hydrogens (tertiary/aromatic N) is 1. The average Bonchev–Trinajstić information content (AvgIpc) is 2.88. The highest BCUT2D eigenvalue weighted by Gasteiger charge is 2.59. The van der Waals surface area contributed by atoms with Crippen molar-refractivity contribution in [1.82, 2.24) is 4.90 Å². The first-order valence-electron chi connectivity index (χ1n) is 6.39. The van der Waals surface area contributed by atoms with Crippen LogP contribution in [0, 0.1) is 0 Å².